The van der Waals surface area contributed by atoms with Crippen LogP contribution in [-0.2, 0) is 19.6 Å². The van der Waals surface area contributed by atoms with Gasteiger partial charge >= 0.3 is 5.97 Å². The second-order valence-corrected chi connectivity index (χ2v) is 9.06. The molecule has 0 unspecified atom stereocenters. The zero-order chi connectivity index (χ0) is 20.2. The van der Waals surface area contributed by atoms with E-state index >= 15 is 0 Å². The average Bonchev–Trinajstić information content (AvgIpc) is 2.90. The van der Waals surface area contributed by atoms with Crippen LogP contribution in [0.15, 0.2) is 23.1 Å². The summed E-state index contributed by atoms with van der Waals surface area (Å²) in [5.41, 5.74) is 0.0335. The van der Waals surface area contributed by atoms with Gasteiger partial charge in [-0.1, -0.05) is 24.4 Å². The second kappa shape index (κ2) is 9.03. The van der Waals surface area contributed by atoms with Gasteiger partial charge in [-0.15, -0.1) is 0 Å². The number of esters is 1. The molecule has 0 saturated carbocycles. The van der Waals surface area contributed by atoms with Crippen LogP contribution in [0.2, 0.25) is 5.02 Å². The molecular weight excluding hydrogens is 392 g/mol. The van der Waals surface area contributed by atoms with E-state index in [1.807, 2.05) is 0 Å². The summed E-state index contributed by atoms with van der Waals surface area (Å²) in [6.45, 7) is 2.33. The van der Waals surface area contributed by atoms with Gasteiger partial charge in [0.1, 0.15) is 4.90 Å². The lowest BCUT2D eigenvalue weighted by molar-refractivity contribution is -0.137. The first-order valence-electron chi connectivity index (χ1n) is 8.86. The lowest BCUT2D eigenvalue weighted by Crippen LogP contribution is -2.35. The summed E-state index contributed by atoms with van der Waals surface area (Å²) < 4.78 is 32.5. The quantitative estimate of drug-likeness (QED) is 0.688. The number of rotatable bonds is 5. The molecule has 1 atom stereocenters. The van der Waals surface area contributed by atoms with E-state index in [4.69, 9.17) is 16.3 Å². The van der Waals surface area contributed by atoms with Gasteiger partial charge in [-0.25, -0.2) is 13.2 Å². The van der Waals surface area contributed by atoms with E-state index in [-0.39, 0.29) is 21.4 Å². The van der Waals surface area contributed by atoms with Gasteiger partial charge in [-0.3, -0.25) is 4.79 Å². The fraction of sp³-hybridized carbons (Fsp3) is 0.556. The molecule has 9 heteroatoms. The molecule has 1 aromatic rings. The Kier molecular flexibility index (Phi) is 7.25. The number of halogens is 1. The number of hydrogen-bond donors (Lipinski definition) is 0. The fourth-order valence-corrected chi connectivity index (χ4v) is 4.91. The Bertz CT molecular complexity index is 802. The van der Waals surface area contributed by atoms with Crippen molar-refractivity contribution in [2.24, 2.45) is 0 Å². The van der Waals surface area contributed by atoms with E-state index in [1.165, 1.54) is 34.3 Å². The Morgan fingerprint density at radius 2 is 1.74 bits per heavy atom. The molecule has 1 aromatic carbocycles. The largest absolute Gasteiger partial charge is 0.449 e. The summed E-state index contributed by atoms with van der Waals surface area (Å²) >= 11 is 6.12. The summed E-state index contributed by atoms with van der Waals surface area (Å²) in [7, 11) is -0.699. The molecule has 1 aliphatic rings. The van der Waals surface area contributed by atoms with Crippen LogP contribution in [0.25, 0.3) is 0 Å². The number of hydrogen-bond acceptors (Lipinski definition) is 5. The summed E-state index contributed by atoms with van der Waals surface area (Å²) in [4.78, 5) is 25.4. The number of sulfonamides is 1. The molecule has 1 aliphatic heterocycles. The monoisotopic (exact) mass is 416 g/mol. The van der Waals surface area contributed by atoms with E-state index < -0.39 is 22.1 Å². The Morgan fingerprint density at radius 1 is 1.15 bits per heavy atom. The van der Waals surface area contributed by atoms with Gasteiger partial charge in [0.2, 0.25) is 10.0 Å². The third kappa shape index (κ3) is 5.21. The second-order valence-electron chi connectivity index (χ2n) is 6.74. The maximum atomic E-state index is 13.0. The first kappa shape index (κ1) is 21.7. The molecule has 0 aliphatic carbocycles. The molecule has 0 radical (unpaired) electrons. The minimum Gasteiger partial charge on any atom is -0.449 e. The predicted molar refractivity (Wildman–Crippen MR) is 102 cm³/mol. The SMILES string of the molecule is C[C@H](OC(=O)c1ccc(Cl)c(S(=O)(=O)N2CCCCCC2)c1)C(=O)N(C)C. The van der Waals surface area contributed by atoms with E-state index in [2.05, 4.69) is 0 Å². The van der Waals surface area contributed by atoms with Gasteiger partial charge in [0.25, 0.3) is 5.91 Å². The highest BCUT2D eigenvalue weighted by Gasteiger charge is 2.29. The molecule has 27 heavy (non-hydrogen) atoms. The number of carbonyl (C=O) groups is 2. The van der Waals surface area contributed by atoms with Crippen molar-refractivity contribution in [3.63, 3.8) is 0 Å². The number of carbonyl (C=O) groups excluding carboxylic acids is 2. The fourth-order valence-electron chi connectivity index (χ4n) is 2.89. The molecule has 0 N–H and O–H groups in total. The van der Waals surface area contributed by atoms with Crippen molar-refractivity contribution in [3.8, 4) is 0 Å². The van der Waals surface area contributed by atoms with Gasteiger partial charge in [0.15, 0.2) is 6.10 Å². The average molecular weight is 417 g/mol. The van der Waals surface area contributed by atoms with Crippen LogP contribution in [0.3, 0.4) is 0 Å². The van der Waals surface area contributed by atoms with Crippen LogP contribution in [0.5, 0.6) is 0 Å². The number of amides is 1. The van der Waals surface area contributed by atoms with Gasteiger partial charge in [0, 0.05) is 27.2 Å². The zero-order valence-electron chi connectivity index (χ0n) is 15.8. The first-order valence-corrected chi connectivity index (χ1v) is 10.7. The summed E-state index contributed by atoms with van der Waals surface area (Å²) in [5, 5.41) is 0.0493. The standard InChI is InChI=1S/C18H25ClN2O5S/c1-13(17(22)20(2)3)26-18(23)14-8-9-15(19)16(12-14)27(24,25)21-10-6-4-5-7-11-21/h8-9,12-13H,4-7,10-11H2,1-3H3/t13-/m0/s1. The molecule has 1 amide bonds. The lowest BCUT2D eigenvalue weighted by atomic mass is 10.2. The summed E-state index contributed by atoms with van der Waals surface area (Å²) in [6.07, 6.45) is 2.59. The van der Waals surface area contributed by atoms with Crippen LogP contribution in [0, 0.1) is 0 Å². The highest BCUT2D eigenvalue weighted by atomic mass is 35.5. The summed E-state index contributed by atoms with van der Waals surface area (Å²) in [6, 6.07) is 3.97. The number of nitrogens with zero attached hydrogens (tertiary/aromatic N) is 2. The smallest absolute Gasteiger partial charge is 0.338 e. The van der Waals surface area contributed by atoms with E-state index in [1.54, 1.807) is 14.1 Å². The summed E-state index contributed by atoms with van der Waals surface area (Å²) in [5.74, 6) is -1.14. The molecule has 0 bridgehead atoms. The highest BCUT2D eigenvalue weighted by molar-refractivity contribution is 7.89. The van der Waals surface area contributed by atoms with Crippen molar-refractivity contribution in [1.29, 1.82) is 0 Å². The predicted octanol–water partition coefficient (Wildman–Crippen LogP) is 2.54. The van der Waals surface area contributed by atoms with Crippen molar-refractivity contribution < 1.29 is 22.7 Å². The Balaban J connectivity index is 2.27. The topological polar surface area (TPSA) is 84.0 Å². The van der Waals surface area contributed by atoms with Crippen molar-refractivity contribution in [3.05, 3.63) is 28.8 Å². The van der Waals surface area contributed by atoms with E-state index in [0.29, 0.717) is 13.1 Å². The van der Waals surface area contributed by atoms with Crippen LogP contribution in [-0.4, -0.2) is 62.8 Å². The minimum atomic E-state index is -3.81. The zero-order valence-corrected chi connectivity index (χ0v) is 17.3. The van der Waals surface area contributed by atoms with Gasteiger partial charge in [-0.2, -0.15) is 4.31 Å². The van der Waals surface area contributed by atoms with Gasteiger partial charge < -0.3 is 9.64 Å². The lowest BCUT2D eigenvalue weighted by Gasteiger charge is -2.21. The van der Waals surface area contributed by atoms with E-state index in [0.717, 1.165) is 25.7 Å². The Labute approximate surface area is 165 Å². The molecule has 1 heterocycles. The Morgan fingerprint density at radius 3 is 2.30 bits per heavy atom. The first-order chi connectivity index (χ1) is 12.6. The van der Waals surface area contributed by atoms with Crippen molar-refractivity contribution in [1.82, 2.24) is 9.21 Å². The number of ether oxygens (including phenoxy) is 1. The van der Waals surface area contributed by atoms with E-state index in [9.17, 15) is 18.0 Å². The molecule has 1 saturated heterocycles. The van der Waals surface area contributed by atoms with Gasteiger partial charge in [0.05, 0.1) is 10.6 Å². The molecular formula is C18H25ClN2O5S. The highest BCUT2D eigenvalue weighted by Crippen LogP contribution is 2.28. The van der Waals surface area contributed by atoms with Crippen LogP contribution in [0.1, 0.15) is 43.0 Å². The maximum Gasteiger partial charge on any atom is 0.338 e. The number of benzene rings is 1. The third-order valence-corrected chi connectivity index (χ3v) is 6.80. The molecule has 7 nitrogen and oxygen atoms in total. The molecule has 2 rings (SSSR count). The Hall–Kier alpha value is -1.64. The van der Waals surface area contributed by atoms with Gasteiger partial charge in [-0.05, 0) is 38.0 Å². The normalized spacial score (nSPS) is 17.0. The number of likely N-dealkylation sites (N-methyl/N-ethyl adjacent to an activating group) is 1. The van der Waals surface area contributed by atoms with Crippen molar-refractivity contribution >= 4 is 33.5 Å². The molecule has 0 aromatic heterocycles. The molecule has 0 spiro atoms. The molecule has 150 valence electrons. The van der Waals surface area contributed by atoms with Crippen molar-refractivity contribution in [2.75, 3.05) is 27.2 Å². The van der Waals surface area contributed by atoms with Crippen LogP contribution < -0.4 is 0 Å². The van der Waals surface area contributed by atoms with Crippen LogP contribution >= 0.6 is 11.6 Å². The third-order valence-electron chi connectivity index (χ3n) is 4.42. The minimum absolute atomic E-state index is 0.0335. The van der Waals surface area contributed by atoms with Crippen molar-refractivity contribution in [2.45, 2.75) is 43.6 Å². The maximum absolute atomic E-state index is 13.0. The van der Waals surface area contributed by atoms with Crippen LogP contribution in [0.4, 0.5) is 0 Å². The molecule has 1 fully saturated rings.